The van der Waals surface area contributed by atoms with Crippen molar-refractivity contribution in [1.29, 1.82) is 0 Å². The summed E-state index contributed by atoms with van der Waals surface area (Å²) in [7, 11) is 0. The number of rotatable bonds is 6. The lowest BCUT2D eigenvalue weighted by Crippen LogP contribution is -2.60. The average Bonchev–Trinajstić information content (AvgIpc) is 2.73. The lowest BCUT2D eigenvalue weighted by atomic mass is 9.99. The first-order valence-corrected chi connectivity index (χ1v) is 9.26. The number of carbonyl (C=O) groups excluding carboxylic acids is 1. The molecule has 1 heterocycles. The SMILES string of the molecule is O=C(/C=C/c1ccc(O)cc1)c1c(O)cc(O)cc1O[C@@H]1O[C@H](CO)[C@@H](O)[C@@H](O)[C@H]1O. The number of hydrogen-bond acceptors (Lipinski definition) is 10. The molecule has 1 fully saturated rings. The molecule has 0 unspecified atom stereocenters. The van der Waals surface area contributed by atoms with Gasteiger partial charge in [0.25, 0.3) is 0 Å². The Balaban J connectivity index is 1.89. The molecule has 0 bridgehead atoms. The third kappa shape index (κ3) is 4.95. The quantitative estimate of drug-likeness (QED) is 0.239. The van der Waals surface area contributed by atoms with Crippen LogP contribution in [0.5, 0.6) is 23.0 Å². The van der Waals surface area contributed by atoms with Gasteiger partial charge in [-0.3, -0.25) is 4.79 Å². The molecule has 0 aromatic heterocycles. The van der Waals surface area contributed by atoms with Crippen LogP contribution >= 0.6 is 0 Å². The van der Waals surface area contributed by atoms with E-state index in [1.54, 1.807) is 12.1 Å². The number of phenols is 3. The van der Waals surface area contributed by atoms with Crippen LogP contribution in [0.3, 0.4) is 0 Å². The molecular formula is C21H22O10. The summed E-state index contributed by atoms with van der Waals surface area (Å²) < 4.78 is 10.7. The fourth-order valence-electron chi connectivity index (χ4n) is 3.06. The highest BCUT2D eigenvalue weighted by Gasteiger charge is 2.45. The molecule has 0 saturated carbocycles. The van der Waals surface area contributed by atoms with Crippen molar-refractivity contribution < 1.29 is 50.0 Å². The normalized spacial score (nSPS) is 26.1. The molecule has 0 amide bonds. The van der Waals surface area contributed by atoms with E-state index >= 15 is 0 Å². The number of ether oxygens (including phenoxy) is 2. The topological polar surface area (TPSA) is 177 Å². The molecule has 31 heavy (non-hydrogen) atoms. The maximum absolute atomic E-state index is 12.7. The molecule has 2 aromatic carbocycles. The van der Waals surface area contributed by atoms with Crippen molar-refractivity contribution in [2.75, 3.05) is 6.61 Å². The number of aliphatic hydroxyl groups is 4. The minimum atomic E-state index is -1.75. The standard InChI is InChI=1S/C21H22O10/c22-9-16-18(27)19(28)20(29)21(31-16)30-15-8-12(24)7-14(26)17(15)13(25)6-3-10-1-4-11(23)5-2-10/h1-8,16,18-24,26-29H,9H2/b6-3+/t16-,18-,19-,20-,21-/m1/s1. The summed E-state index contributed by atoms with van der Waals surface area (Å²) in [6.45, 7) is -0.683. The first-order chi connectivity index (χ1) is 14.7. The van der Waals surface area contributed by atoms with Gasteiger partial charge in [0.1, 0.15) is 53.0 Å². The number of carbonyl (C=O) groups is 1. The minimum absolute atomic E-state index is 0.0508. The first-order valence-electron chi connectivity index (χ1n) is 9.26. The smallest absolute Gasteiger partial charge is 0.229 e. The summed E-state index contributed by atoms with van der Waals surface area (Å²) >= 11 is 0. The second kappa shape index (κ2) is 9.33. The van der Waals surface area contributed by atoms with E-state index in [2.05, 4.69) is 0 Å². The number of aliphatic hydroxyl groups excluding tert-OH is 4. The van der Waals surface area contributed by atoms with E-state index in [1.807, 2.05) is 0 Å². The van der Waals surface area contributed by atoms with Crippen LogP contribution in [0.4, 0.5) is 0 Å². The number of hydrogen-bond donors (Lipinski definition) is 7. The van der Waals surface area contributed by atoms with Crippen LogP contribution in [0, 0.1) is 0 Å². The van der Waals surface area contributed by atoms with E-state index in [0.29, 0.717) is 5.56 Å². The van der Waals surface area contributed by atoms with Crippen LogP contribution in [0.25, 0.3) is 6.08 Å². The molecule has 1 saturated heterocycles. The zero-order chi connectivity index (χ0) is 22.7. The fourth-order valence-corrected chi connectivity index (χ4v) is 3.06. The largest absolute Gasteiger partial charge is 0.508 e. The number of aromatic hydroxyl groups is 3. The predicted molar refractivity (Wildman–Crippen MR) is 106 cm³/mol. The Hall–Kier alpha value is -3.15. The molecule has 166 valence electrons. The summed E-state index contributed by atoms with van der Waals surface area (Å²) in [4.78, 5) is 12.7. The Bertz CT molecular complexity index is 953. The van der Waals surface area contributed by atoms with Crippen molar-refractivity contribution in [2.24, 2.45) is 0 Å². The van der Waals surface area contributed by atoms with E-state index in [9.17, 15) is 40.5 Å². The van der Waals surface area contributed by atoms with E-state index in [-0.39, 0.29) is 17.1 Å². The van der Waals surface area contributed by atoms with Gasteiger partial charge in [0.2, 0.25) is 6.29 Å². The lowest BCUT2D eigenvalue weighted by molar-refractivity contribution is -0.277. The zero-order valence-corrected chi connectivity index (χ0v) is 16.1. The van der Waals surface area contributed by atoms with Crippen molar-refractivity contribution >= 4 is 11.9 Å². The van der Waals surface area contributed by atoms with E-state index in [0.717, 1.165) is 18.2 Å². The molecule has 1 aliphatic heterocycles. The highest BCUT2D eigenvalue weighted by molar-refractivity contribution is 6.10. The van der Waals surface area contributed by atoms with Gasteiger partial charge < -0.3 is 45.2 Å². The summed E-state index contributed by atoms with van der Waals surface area (Å²) in [5.41, 5.74) is 0.227. The van der Waals surface area contributed by atoms with Crippen LogP contribution < -0.4 is 4.74 Å². The van der Waals surface area contributed by atoms with Crippen LogP contribution in [0.2, 0.25) is 0 Å². The maximum atomic E-state index is 12.7. The molecule has 0 spiro atoms. The van der Waals surface area contributed by atoms with Crippen LogP contribution in [0.15, 0.2) is 42.5 Å². The van der Waals surface area contributed by atoms with Crippen molar-refractivity contribution in [1.82, 2.24) is 0 Å². The molecule has 10 nitrogen and oxygen atoms in total. The minimum Gasteiger partial charge on any atom is -0.508 e. The van der Waals surface area contributed by atoms with Crippen LogP contribution in [-0.4, -0.2) is 78.8 Å². The Morgan fingerprint density at radius 2 is 1.65 bits per heavy atom. The number of ketones is 1. The van der Waals surface area contributed by atoms with Gasteiger partial charge in [0.05, 0.1) is 6.61 Å². The Morgan fingerprint density at radius 3 is 2.29 bits per heavy atom. The van der Waals surface area contributed by atoms with Gasteiger partial charge in [0.15, 0.2) is 5.78 Å². The van der Waals surface area contributed by atoms with Gasteiger partial charge in [-0.2, -0.15) is 0 Å². The lowest BCUT2D eigenvalue weighted by Gasteiger charge is -2.39. The monoisotopic (exact) mass is 434 g/mol. The van der Waals surface area contributed by atoms with Crippen LogP contribution in [0.1, 0.15) is 15.9 Å². The number of phenolic OH excluding ortho intramolecular Hbond substituents is 3. The molecule has 0 aliphatic carbocycles. The van der Waals surface area contributed by atoms with E-state index < -0.39 is 54.6 Å². The van der Waals surface area contributed by atoms with Gasteiger partial charge in [-0.25, -0.2) is 0 Å². The molecule has 3 rings (SSSR count). The van der Waals surface area contributed by atoms with Gasteiger partial charge in [-0.05, 0) is 23.8 Å². The zero-order valence-electron chi connectivity index (χ0n) is 16.1. The molecule has 1 aliphatic rings. The predicted octanol–water partition coefficient (Wildman–Crippen LogP) is -0.122. The van der Waals surface area contributed by atoms with Crippen molar-refractivity contribution in [3.8, 4) is 23.0 Å². The van der Waals surface area contributed by atoms with Crippen molar-refractivity contribution in [2.45, 2.75) is 30.7 Å². The molecule has 10 heteroatoms. The van der Waals surface area contributed by atoms with Crippen molar-refractivity contribution in [3.63, 3.8) is 0 Å². The summed E-state index contributed by atoms with van der Waals surface area (Å²) in [5.74, 6) is -2.08. The third-order valence-corrected chi connectivity index (χ3v) is 4.72. The fraction of sp³-hybridized carbons (Fsp3) is 0.286. The number of benzene rings is 2. The number of allylic oxidation sites excluding steroid dienone is 1. The molecular weight excluding hydrogens is 412 g/mol. The molecule has 0 radical (unpaired) electrons. The van der Waals surface area contributed by atoms with Crippen molar-refractivity contribution in [3.05, 3.63) is 53.6 Å². The van der Waals surface area contributed by atoms with Gasteiger partial charge in [0, 0.05) is 12.1 Å². The second-order valence-corrected chi connectivity index (χ2v) is 6.94. The first kappa shape index (κ1) is 22.5. The Labute approximate surface area is 176 Å². The summed E-state index contributed by atoms with van der Waals surface area (Å²) in [5, 5.41) is 68.5. The second-order valence-electron chi connectivity index (χ2n) is 6.94. The molecule has 2 aromatic rings. The highest BCUT2D eigenvalue weighted by atomic mass is 16.7. The Kier molecular flexibility index (Phi) is 6.78. The summed E-state index contributed by atoms with van der Waals surface area (Å²) in [6, 6.07) is 7.89. The Morgan fingerprint density at radius 1 is 0.968 bits per heavy atom. The van der Waals surface area contributed by atoms with Crippen LogP contribution in [-0.2, 0) is 4.74 Å². The molecule has 5 atom stereocenters. The average molecular weight is 434 g/mol. The third-order valence-electron chi connectivity index (χ3n) is 4.72. The maximum Gasteiger partial charge on any atom is 0.229 e. The van der Waals surface area contributed by atoms with E-state index in [4.69, 9.17) is 9.47 Å². The van der Waals surface area contributed by atoms with Gasteiger partial charge in [-0.15, -0.1) is 0 Å². The molecule has 7 N–H and O–H groups in total. The summed E-state index contributed by atoms with van der Waals surface area (Å²) in [6.07, 6.45) is -5.39. The van der Waals surface area contributed by atoms with Gasteiger partial charge >= 0.3 is 0 Å². The highest BCUT2D eigenvalue weighted by Crippen LogP contribution is 2.36. The van der Waals surface area contributed by atoms with Gasteiger partial charge in [-0.1, -0.05) is 18.2 Å². The van der Waals surface area contributed by atoms with E-state index in [1.165, 1.54) is 18.2 Å².